The normalized spacial score (nSPS) is 11.3. The molecule has 10 aromatic rings. The van der Waals surface area contributed by atoms with E-state index >= 15 is 0 Å². The van der Waals surface area contributed by atoms with Gasteiger partial charge in [-0.25, -0.2) is 0 Å². The first-order valence-electron chi connectivity index (χ1n) is 18.5. The van der Waals surface area contributed by atoms with Crippen LogP contribution in [0, 0.1) is 0 Å². The quantitative estimate of drug-likeness (QED) is 0.162. The molecule has 2 nitrogen and oxygen atoms in total. The first-order valence-corrected chi connectivity index (χ1v) is 18.5. The van der Waals surface area contributed by atoms with Crippen LogP contribution in [0.15, 0.2) is 218 Å². The summed E-state index contributed by atoms with van der Waals surface area (Å²) in [6.07, 6.45) is 0. The lowest BCUT2D eigenvalue weighted by Gasteiger charge is -2.28. The Morgan fingerprint density at radius 1 is 0.315 bits per heavy atom. The van der Waals surface area contributed by atoms with Crippen molar-refractivity contribution in [1.29, 1.82) is 0 Å². The highest BCUT2D eigenvalue weighted by Gasteiger charge is 2.21. The van der Waals surface area contributed by atoms with E-state index in [-0.39, 0.29) is 0 Å². The van der Waals surface area contributed by atoms with Gasteiger partial charge in [0.15, 0.2) is 0 Å². The number of anilines is 3. The minimum atomic E-state index is 1.10. The number of fused-ring (bicyclic) bond motifs is 4. The number of hydrogen-bond acceptors (Lipinski definition) is 1. The van der Waals surface area contributed by atoms with Gasteiger partial charge in [0.2, 0.25) is 0 Å². The van der Waals surface area contributed by atoms with Crippen LogP contribution in [0.3, 0.4) is 0 Å². The highest BCUT2D eigenvalue weighted by molar-refractivity contribution is 6.17. The predicted molar refractivity (Wildman–Crippen MR) is 229 cm³/mol. The molecule has 9 aromatic carbocycles. The Bertz CT molecular complexity index is 2900. The number of rotatable bonds is 7. The van der Waals surface area contributed by atoms with Crippen LogP contribution < -0.4 is 4.90 Å². The minimum Gasteiger partial charge on any atom is -0.310 e. The smallest absolute Gasteiger partial charge is 0.0547 e. The van der Waals surface area contributed by atoms with E-state index in [0.717, 1.165) is 22.7 Å². The molecular formula is C52H36N2. The second kappa shape index (κ2) is 13.4. The van der Waals surface area contributed by atoms with Gasteiger partial charge >= 0.3 is 0 Å². The topological polar surface area (TPSA) is 8.17 Å². The molecule has 10 rings (SSSR count). The van der Waals surface area contributed by atoms with Crippen LogP contribution in [-0.2, 0) is 0 Å². The Morgan fingerprint density at radius 2 is 0.833 bits per heavy atom. The van der Waals surface area contributed by atoms with E-state index in [9.17, 15) is 0 Å². The number of nitrogens with zero attached hydrogens (tertiary/aromatic N) is 2. The third-order valence-corrected chi connectivity index (χ3v) is 10.6. The third-order valence-electron chi connectivity index (χ3n) is 10.6. The van der Waals surface area contributed by atoms with Crippen molar-refractivity contribution in [3.63, 3.8) is 0 Å². The monoisotopic (exact) mass is 688 g/mol. The van der Waals surface area contributed by atoms with Gasteiger partial charge in [0, 0.05) is 33.4 Å². The molecular weight excluding hydrogens is 653 g/mol. The molecule has 0 saturated carbocycles. The van der Waals surface area contributed by atoms with Crippen LogP contribution in [0.1, 0.15) is 0 Å². The van der Waals surface area contributed by atoms with Gasteiger partial charge in [-0.1, -0.05) is 164 Å². The molecule has 0 amide bonds. The Labute approximate surface area is 315 Å². The van der Waals surface area contributed by atoms with E-state index in [2.05, 4.69) is 228 Å². The van der Waals surface area contributed by atoms with Gasteiger partial charge < -0.3 is 9.47 Å². The van der Waals surface area contributed by atoms with Crippen LogP contribution in [0.25, 0.3) is 71.6 Å². The highest BCUT2D eigenvalue weighted by atomic mass is 15.1. The zero-order chi connectivity index (χ0) is 35.8. The van der Waals surface area contributed by atoms with E-state index in [1.165, 1.54) is 66.0 Å². The van der Waals surface area contributed by atoms with E-state index in [1.807, 2.05) is 0 Å². The molecule has 54 heavy (non-hydrogen) atoms. The van der Waals surface area contributed by atoms with E-state index < -0.39 is 0 Å². The fourth-order valence-electron chi connectivity index (χ4n) is 8.12. The van der Waals surface area contributed by atoms with Crippen molar-refractivity contribution in [2.24, 2.45) is 0 Å². The molecule has 0 radical (unpaired) electrons. The van der Waals surface area contributed by atoms with Gasteiger partial charge in [-0.15, -0.1) is 0 Å². The second-order valence-corrected chi connectivity index (χ2v) is 13.7. The zero-order valence-electron chi connectivity index (χ0n) is 29.7. The summed E-state index contributed by atoms with van der Waals surface area (Å²) < 4.78 is 2.39. The standard InChI is InChI=1S/C52H36N2/c1-3-15-37(16-4-1)38-29-33-42(34-30-38)53(43-35-31-40(32-36-43)45-24-13-18-39-17-7-8-21-44(39)45)49-26-11-9-22-46(49)47-25-14-28-51-52(47)48-23-10-12-27-50(48)54(51)41-19-5-2-6-20-41/h1-36H. The second-order valence-electron chi connectivity index (χ2n) is 13.7. The molecule has 0 aliphatic heterocycles. The lowest BCUT2D eigenvalue weighted by atomic mass is 9.96. The maximum atomic E-state index is 2.41. The zero-order valence-corrected chi connectivity index (χ0v) is 29.7. The van der Waals surface area contributed by atoms with E-state index in [4.69, 9.17) is 0 Å². The molecule has 0 saturated heterocycles. The molecule has 2 heteroatoms. The number of para-hydroxylation sites is 3. The van der Waals surface area contributed by atoms with Crippen molar-refractivity contribution < 1.29 is 0 Å². The van der Waals surface area contributed by atoms with Gasteiger partial charge in [0.1, 0.15) is 0 Å². The Hall–Kier alpha value is -7.16. The molecule has 1 aromatic heterocycles. The summed E-state index contributed by atoms with van der Waals surface area (Å²) in [4.78, 5) is 2.41. The molecule has 0 N–H and O–H groups in total. The first kappa shape index (κ1) is 31.6. The fourth-order valence-corrected chi connectivity index (χ4v) is 8.12. The van der Waals surface area contributed by atoms with Crippen molar-refractivity contribution in [3.8, 4) is 39.1 Å². The number of hydrogen-bond donors (Lipinski definition) is 0. The van der Waals surface area contributed by atoms with Gasteiger partial charge in [-0.3, -0.25) is 0 Å². The van der Waals surface area contributed by atoms with Crippen LogP contribution in [0.4, 0.5) is 17.1 Å². The summed E-state index contributed by atoms with van der Waals surface area (Å²) >= 11 is 0. The molecule has 1 heterocycles. The minimum absolute atomic E-state index is 1.10. The lowest BCUT2D eigenvalue weighted by molar-refractivity contribution is 1.18. The molecule has 0 aliphatic carbocycles. The Balaban J connectivity index is 1.17. The van der Waals surface area contributed by atoms with Crippen molar-refractivity contribution in [1.82, 2.24) is 4.57 Å². The molecule has 0 fully saturated rings. The number of benzene rings is 9. The van der Waals surface area contributed by atoms with Crippen molar-refractivity contribution in [2.75, 3.05) is 4.90 Å². The summed E-state index contributed by atoms with van der Waals surface area (Å²) in [6.45, 7) is 0. The average Bonchev–Trinajstić information content (AvgIpc) is 3.60. The van der Waals surface area contributed by atoms with Gasteiger partial charge in [0.05, 0.1) is 16.7 Å². The first-order chi connectivity index (χ1) is 26.8. The van der Waals surface area contributed by atoms with Crippen LogP contribution in [0.5, 0.6) is 0 Å². The SMILES string of the molecule is c1ccc(-c2ccc(N(c3ccc(-c4cccc5ccccc45)cc3)c3ccccc3-c3cccc4c3c3ccccc3n4-c3ccccc3)cc2)cc1. The van der Waals surface area contributed by atoms with Crippen LogP contribution in [-0.4, -0.2) is 4.57 Å². The largest absolute Gasteiger partial charge is 0.310 e. The van der Waals surface area contributed by atoms with Gasteiger partial charge in [-0.05, 0) is 93.2 Å². The molecule has 254 valence electrons. The number of aromatic nitrogens is 1. The summed E-state index contributed by atoms with van der Waals surface area (Å²) in [6, 6.07) is 78.8. The molecule has 0 aliphatic rings. The maximum absolute atomic E-state index is 2.41. The van der Waals surface area contributed by atoms with Gasteiger partial charge in [-0.2, -0.15) is 0 Å². The Kier molecular flexibility index (Phi) is 7.85. The van der Waals surface area contributed by atoms with Crippen LogP contribution in [0.2, 0.25) is 0 Å². The molecule has 0 unspecified atom stereocenters. The summed E-state index contributed by atoms with van der Waals surface area (Å²) in [5.41, 5.74) is 14.0. The summed E-state index contributed by atoms with van der Waals surface area (Å²) in [5.74, 6) is 0. The van der Waals surface area contributed by atoms with Crippen molar-refractivity contribution in [2.45, 2.75) is 0 Å². The molecule has 0 atom stereocenters. The van der Waals surface area contributed by atoms with E-state index in [1.54, 1.807) is 0 Å². The highest BCUT2D eigenvalue weighted by Crippen LogP contribution is 2.46. The van der Waals surface area contributed by atoms with E-state index in [0.29, 0.717) is 0 Å². The fraction of sp³-hybridized carbons (Fsp3) is 0. The summed E-state index contributed by atoms with van der Waals surface area (Å²) in [7, 11) is 0. The average molecular weight is 689 g/mol. The third kappa shape index (κ3) is 5.44. The van der Waals surface area contributed by atoms with Crippen LogP contribution >= 0.6 is 0 Å². The Morgan fingerprint density at radius 3 is 1.61 bits per heavy atom. The summed E-state index contributed by atoms with van der Waals surface area (Å²) in [5, 5.41) is 4.99. The molecule has 0 bridgehead atoms. The molecule has 0 spiro atoms. The van der Waals surface area contributed by atoms with Crippen molar-refractivity contribution in [3.05, 3.63) is 218 Å². The van der Waals surface area contributed by atoms with Crippen molar-refractivity contribution >= 4 is 49.6 Å². The van der Waals surface area contributed by atoms with Gasteiger partial charge in [0.25, 0.3) is 0 Å². The lowest BCUT2D eigenvalue weighted by Crippen LogP contribution is -2.11. The maximum Gasteiger partial charge on any atom is 0.0547 e. The predicted octanol–water partition coefficient (Wildman–Crippen LogP) is 14.4.